The molecule has 5 nitrogen and oxygen atoms in total. The van der Waals surface area contributed by atoms with E-state index in [4.69, 9.17) is 44.9 Å². The van der Waals surface area contributed by atoms with E-state index in [2.05, 4.69) is 10.6 Å². The van der Waals surface area contributed by atoms with Crippen molar-refractivity contribution in [2.24, 2.45) is 0 Å². The van der Waals surface area contributed by atoms with Gasteiger partial charge in [-0.05, 0) is 60.6 Å². The predicted molar refractivity (Wildman–Crippen MR) is 110 cm³/mol. The van der Waals surface area contributed by atoms with E-state index in [1.165, 1.54) is 0 Å². The SMILES string of the molecule is CCOc1cc(/C=C2/NC(=S)NC2=O)ccc1OCc1ccc(Cl)c(Cl)c1. The van der Waals surface area contributed by atoms with Gasteiger partial charge in [-0.3, -0.25) is 10.1 Å². The highest BCUT2D eigenvalue weighted by atomic mass is 35.5. The monoisotopic (exact) mass is 422 g/mol. The van der Waals surface area contributed by atoms with Gasteiger partial charge in [0.2, 0.25) is 0 Å². The highest BCUT2D eigenvalue weighted by Crippen LogP contribution is 2.31. The number of ether oxygens (including phenoxy) is 2. The van der Waals surface area contributed by atoms with E-state index in [0.29, 0.717) is 40.5 Å². The molecule has 2 aromatic rings. The third-order valence-electron chi connectivity index (χ3n) is 3.68. The van der Waals surface area contributed by atoms with Gasteiger partial charge in [-0.25, -0.2) is 0 Å². The molecule has 3 rings (SSSR count). The lowest BCUT2D eigenvalue weighted by molar-refractivity contribution is -0.115. The molecule has 2 N–H and O–H groups in total. The lowest BCUT2D eigenvalue weighted by atomic mass is 10.1. The minimum atomic E-state index is -0.266. The van der Waals surface area contributed by atoms with Gasteiger partial charge in [-0.2, -0.15) is 0 Å². The summed E-state index contributed by atoms with van der Waals surface area (Å²) in [6.07, 6.45) is 1.69. The first kappa shape index (κ1) is 19.5. The molecule has 1 saturated heterocycles. The average molecular weight is 423 g/mol. The number of rotatable bonds is 6. The fraction of sp³-hybridized carbons (Fsp3) is 0.158. The van der Waals surface area contributed by atoms with Crippen molar-refractivity contribution in [3.8, 4) is 11.5 Å². The van der Waals surface area contributed by atoms with Crippen LogP contribution in [0.4, 0.5) is 0 Å². The Morgan fingerprint density at radius 2 is 1.85 bits per heavy atom. The van der Waals surface area contributed by atoms with E-state index in [-0.39, 0.29) is 11.0 Å². The maximum absolute atomic E-state index is 11.8. The molecule has 140 valence electrons. The lowest BCUT2D eigenvalue weighted by Gasteiger charge is -2.13. The molecule has 1 amide bonds. The summed E-state index contributed by atoms with van der Waals surface area (Å²) in [5.41, 5.74) is 2.05. The molecule has 1 heterocycles. The number of halogens is 2. The van der Waals surface area contributed by atoms with Crippen LogP contribution in [0, 0.1) is 0 Å². The summed E-state index contributed by atoms with van der Waals surface area (Å²) in [6.45, 7) is 2.68. The van der Waals surface area contributed by atoms with Crippen LogP contribution in [0.15, 0.2) is 42.1 Å². The third kappa shape index (κ3) is 4.91. The van der Waals surface area contributed by atoms with Crippen LogP contribution in [-0.2, 0) is 11.4 Å². The first-order valence-corrected chi connectivity index (χ1v) is 9.30. The minimum absolute atomic E-state index is 0.266. The quantitative estimate of drug-likeness (QED) is 0.536. The molecule has 0 bridgehead atoms. The fourth-order valence-corrected chi connectivity index (χ4v) is 2.96. The molecule has 2 aromatic carbocycles. The van der Waals surface area contributed by atoms with Crippen LogP contribution in [0.1, 0.15) is 18.1 Å². The van der Waals surface area contributed by atoms with E-state index in [1.807, 2.05) is 19.1 Å². The Kier molecular flexibility index (Phi) is 6.21. The molecule has 0 saturated carbocycles. The molecule has 0 radical (unpaired) electrons. The van der Waals surface area contributed by atoms with Crippen molar-refractivity contribution in [3.05, 3.63) is 63.3 Å². The largest absolute Gasteiger partial charge is 0.490 e. The zero-order chi connectivity index (χ0) is 19.4. The fourth-order valence-electron chi connectivity index (χ4n) is 2.44. The molecule has 1 aliphatic heterocycles. The number of hydrogen-bond acceptors (Lipinski definition) is 4. The molecule has 0 aromatic heterocycles. The molecule has 0 atom stereocenters. The first-order chi connectivity index (χ1) is 13.0. The lowest BCUT2D eigenvalue weighted by Crippen LogP contribution is -2.21. The zero-order valence-electron chi connectivity index (χ0n) is 14.3. The number of nitrogens with one attached hydrogen (secondary N) is 2. The van der Waals surface area contributed by atoms with Crippen LogP contribution in [-0.4, -0.2) is 17.6 Å². The molecular formula is C19H16Cl2N2O3S. The number of amides is 1. The highest BCUT2D eigenvalue weighted by Gasteiger charge is 2.20. The average Bonchev–Trinajstić information content (AvgIpc) is 2.94. The van der Waals surface area contributed by atoms with Gasteiger partial charge in [0.1, 0.15) is 12.3 Å². The molecule has 0 spiro atoms. The summed E-state index contributed by atoms with van der Waals surface area (Å²) in [5, 5.41) is 6.60. The summed E-state index contributed by atoms with van der Waals surface area (Å²) in [7, 11) is 0. The van der Waals surface area contributed by atoms with Gasteiger partial charge in [0.05, 0.1) is 16.7 Å². The van der Waals surface area contributed by atoms with Gasteiger partial charge in [-0.1, -0.05) is 35.3 Å². The van der Waals surface area contributed by atoms with Crippen LogP contribution < -0.4 is 20.1 Å². The zero-order valence-corrected chi connectivity index (χ0v) is 16.7. The molecule has 8 heteroatoms. The first-order valence-electron chi connectivity index (χ1n) is 8.14. The van der Waals surface area contributed by atoms with E-state index < -0.39 is 0 Å². The van der Waals surface area contributed by atoms with Crippen molar-refractivity contribution < 1.29 is 14.3 Å². The smallest absolute Gasteiger partial charge is 0.273 e. The van der Waals surface area contributed by atoms with Crippen molar-refractivity contribution in [2.45, 2.75) is 13.5 Å². The number of carbonyl (C=O) groups excluding carboxylic acids is 1. The minimum Gasteiger partial charge on any atom is -0.490 e. The van der Waals surface area contributed by atoms with Gasteiger partial charge in [0.15, 0.2) is 16.6 Å². The number of benzene rings is 2. The normalized spacial score (nSPS) is 14.9. The molecular weight excluding hydrogens is 407 g/mol. The van der Waals surface area contributed by atoms with Gasteiger partial charge in [0, 0.05) is 0 Å². The Morgan fingerprint density at radius 3 is 2.52 bits per heavy atom. The number of carbonyl (C=O) groups is 1. The number of thiocarbonyl (C=S) groups is 1. The maximum Gasteiger partial charge on any atom is 0.273 e. The van der Waals surface area contributed by atoms with Crippen LogP contribution in [0.3, 0.4) is 0 Å². The second-order valence-electron chi connectivity index (χ2n) is 5.64. The summed E-state index contributed by atoms with van der Waals surface area (Å²) in [4.78, 5) is 11.8. The summed E-state index contributed by atoms with van der Waals surface area (Å²) in [6, 6.07) is 10.8. The van der Waals surface area contributed by atoms with Crippen LogP contribution >= 0.6 is 35.4 Å². The molecule has 0 unspecified atom stereocenters. The van der Waals surface area contributed by atoms with Crippen molar-refractivity contribution >= 4 is 52.5 Å². The number of hydrogen-bond donors (Lipinski definition) is 2. The molecule has 27 heavy (non-hydrogen) atoms. The summed E-state index contributed by atoms with van der Waals surface area (Å²) >= 11 is 16.9. The second-order valence-corrected chi connectivity index (χ2v) is 6.87. The Balaban J connectivity index is 1.79. The van der Waals surface area contributed by atoms with Gasteiger partial charge < -0.3 is 14.8 Å². The van der Waals surface area contributed by atoms with Gasteiger partial charge in [0.25, 0.3) is 5.91 Å². The Hall–Kier alpha value is -2.28. The van der Waals surface area contributed by atoms with E-state index in [9.17, 15) is 4.79 Å². The van der Waals surface area contributed by atoms with Crippen LogP contribution in [0.2, 0.25) is 10.0 Å². The van der Waals surface area contributed by atoms with Crippen LogP contribution in [0.25, 0.3) is 6.08 Å². The Morgan fingerprint density at radius 1 is 1.04 bits per heavy atom. The van der Waals surface area contributed by atoms with E-state index in [0.717, 1.165) is 11.1 Å². The molecule has 1 aliphatic rings. The van der Waals surface area contributed by atoms with Gasteiger partial charge >= 0.3 is 0 Å². The molecule has 1 fully saturated rings. The summed E-state index contributed by atoms with van der Waals surface area (Å²) < 4.78 is 11.5. The highest BCUT2D eigenvalue weighted by molar-refractivity contribution is 7.80. The summed E-state index contributed by atoms with van der Waals surface area (Å²) in [5.74, 6) is 0.898. The second kappa shape index (κ2) is 8.61. The Labute approximate surface area is 172 Å². The van der Waals surface area contributed by atoms with Crippen LogP contribution in [0.5, 0.6) is 11.5 Å². The third-order valence-corrected chi connectivity index (χ3v) is 4.62. The van der Waals surface area contributed by atoms with Crippen molar-refractivity contribution in [1.29, 1.82) is 0 Å². The van der Waals surface area contributed by atoms with E-state index >= 15 is 0 Å². The van der Waals surface area contributed by atoms with Crippen molar-refractivity contribution in [3.63, 3.8) is 0 Å². The molecule has 0 aliphatic carbocycles. The van der Waals surface area contributed by atoms with E-state index in [1.54, 1.807) is 30.3 Å². The Bertz CT molecular complexity index is 931. The maximum atomic E-state index is 11.8. The predicted octanol–water partition coefficient (Wildman–Crippen LogP) is 4.32. The topological polar surface area (TPSA) is 59.6 Å². The van der Waals surface area contributed by atoms with Gasteiger partial charge in [-0.15, -0.1) is 0 Å². The van der Waals surface area contributed by atoms with Crippen molar-refractivity contribution in [2.75, 3.05) is 6.61 Å². The standard InChI is InChI=1S/C19H16Cl2N2O3S/c1-2-25-17-9-11(8-15-18(24)23-19(27)22-15)4-6-16(17)26-10-12-3-5-13(20)14(21)7-12/h3-9H,2,10H2,1H3,(H2,22,23,24,27)/b15-8+. The van der Waals surface area contributed by atoms with Crippen molar-refractivity contribution in [1.82, 2.24) is 10.6 Å².